The Morgan fingerprint density at radius 2 is 1.63 bits per heavy atom. The van der Waals surface area contributed by atoms with Crippen molar-refractivity contribution in [2.75, 3.05) is 11.9 Å². The highest BCUT2D eigenvalue weighted by Crippen LogP contribution is 2.36. The summed E-state index contributed by atoms with van der Waals surface area (Å²) < 4.78 is 66.6. The molecule has 0 saturated heterocycles. The van der Waals surface area contributed by atoms with E-state index >= 15 is 0 Å². The third-order valence-electron chi connectivity index (χ3n) is 5.60. The van der Waals surface area contributed by atoms with Crippen LogP contribution in [0.5, 0.6) is 0 Å². The van der Waals surface area contributed by atoms with Crippen LogP contribution in [0.1, 0.15) is 43.2 Å². The fourth-order valence-corrected chi connectivity index (χ4v) is 5.28. The Morgan fingerprint density at radius 3 is 2.26 bits per heavy atom. The van der Waals surface area contributed by atoms with Crippen LogP contribution in [0.4, 0.5) is 18.9 Å². The topological polar surface area (TPSA) is 104 Å². The number of carbonyl (C=O) groups excluding carboxylic acids is 2. The Balaban J connectivity index is 1.49. The molecule has 0 atom stereocenters. The van der Waals surface area contributed by atoms with Gasteiger partial charge in [-0.3, -0.25) is 9.59 Å². The lowest BCUT2D eigenvalue weighted by atomic mass is 9.96. The number of hydrogen-bond donors (Lipinski definition) is 3. The van der Waals surface area contributed by atoms with Gasteiger partial charge >= 0.3 is 18.0 Å². The van der Waals surface area contributed by atoms with E-state index in [0.717, 1.165) is 49.8 Å². The van der Waals surface area contributed by atoms with Crippen LogP contribution in [0, 0.1) is 0 Å². The van der Waals surface area contributed by atoms with Crippen LogP contribution in [0.2, 0.25) is 5.02 Å². The summed E-state index contributed by atoms with van der Waals surface area (Å²) in [5.41, 5.74) is -0.618. The van der Waals surface area contributed by atoms with Crippen molar-refractivity contribution < 1.29 is 31.2 Å². The number of nitrogens with one attached hydrogen (secondary N) is 3. The zero-order valence-electron chi connectivity index (χ0n) is 18.6. The zero-order chi connectivity index (χ0) is 25.6. The summed E-state index contributed by atoms with van der Waals surface area (Å²) in [5.74, 6) is -2.15. The molecule has 1 aliphatic carbocycles. The second-order valence-corrected chi connectivity index (χ2v) is 10.4. The third kappa shape index (κ3) is 7.68. The van der Waals surface area contributed by atoms with Crippen molar-refractivity contribution in [3.63, 3.8) is 0 Å². The number of sulfonamides is 1. The summed E-state index contributed by atoms with van der Waals surface area (Å²) >= 11 is 5.54. The van der Waals surface area contributed by atoms with Crippen LogP contribution >= 0.6 is 11.6 Å². The molecule has 1 aliphatic rings. The number of alkyl halides is 3. The van der Waals surface area contributed by atoms with Gasteiger partial charge in [0, 0.05) is 18.3 Å². The van der Waals surface area contributed by atoms with Crippen molar-refractivity contribution in [1.29, 1.82) is 0 Å². The summed E-state index contributed by atoms with van der Waals surface area (Å²) in [5, 5.41) is 3.96. The van der Waals surface area contributed by atoms with Gasteiger partial charge in [-0.05, 0) is 55.2 Å². The molecule has 3 N–H and O–H groups in total. The molecule has 2 aromatic rings. The van der Waals surface area contributed by atoms with E-state index in [0.29, 0.717) is 12.5 Å². The highest BCUT2D eigenvalue weighted by molar-refractivity contribution is 7.89. The number of anilines is 1. The fraction of sp³-hybridized carbons (Fsp3) is 0.391. The first kappa shape index (κ1) is 27.0. The minimum atomic E-state index is -4.71. The average Bonchev–Trinajstić information content (AvgIpc) is 2.80. The van der Waals surface area contributed by atoms with Crippen LogP contribution < -0.4 is 15.4 Å². The van der Waals surface area contributed by atoms with Crippen LogP contribution in [-0.2, 0) is 32.2 Å². The molecule has 0 aromatic heterocycles. The monoisotopic (exact) mass is 531 g/mol. The van der Waals surface area contributed by atoms with E-state index in [1.165, 1.54) is 12.1 Å². The lowest BCUT2D eigenvalue weighted by Gasteiger charge is -2.22. The Bertz CT molecular complexity index is 1170. The molecule has 7 nitrogen and oxygen atoms in total. The number of hydrogen-bond acceptors (Lipinski definition) is 4. The van der Waals surface area contributed by atoms with E-state index in [1.54, 1.807) is 12.1 Å². The maximum absolute atomic E-state index is 12.9. The molecule has 0 unspecified atom stereocenters. The number of carbonyl (C=O) groups is 2. The van der Waals surface area contributed by atoms with Gasteiger partial charge in [-0.15, -0.1) is 0 Å². The van der Waals surface area contributed by atoms with Gasteiger partial charge in [0.15, 0.2) is 0 Å². The van der Waals surface area contributed by atoms with Gasteiger partial charge in [-0.2, -0.15) is 13.2 Å². The largest absolute Gasteiger partial charge is 0.417 e. The molecular weight excluding hydrogens is 507 g/mol. The van der Waals surface area contributed by atoms with Crippen LogP contribution in [-0.4, -0.2) is 32.8 Å². The van der Waals surface area contributed by atoms with Crippen molar-refractivity contribution in [3.8, 4) is 0 Å². The van der Waals surface area contributed by atoms with Crippen molar-refractivity contribution >= 4 is 39.1 Å². The predicted molar refractivity (Wildman–Crippen MR) is 125 cm³/mol. The van der Waals surface area contributed by atoms with Crippen molar-refractivity contribution in [2.24, 2.45) is 0 Å². The normalized spacial score (nSPS) is 15.0. The van der Waals surface area contributed by atoms with Gasteiger partial charge in [0.05, 0.1) is 15.5 Å². The molecule has 0 bridgehead atoms. The Hall–Kier alpha value is -2.63. The molecule has 3 rings (SSSR count). The Labute approximate surface area is 206 Å². The number of benzene rings is 2. The van der Waals surface area contributed by atoms with E-state index in [2.05, 4.69) is 15.4 Å². The smallest absolute Gasteiger partial charge is 0.347 e. The number of amides is 2. The molecule has 12 heteroatoms. The molecule has 0 spiro atoms. The Kier molecular flexibility index (Phi) is 8.79. The minimum absolute atomic E-state index is 0.0530. The van der Waals surface area contributed by atoms with Gasteiger partial charge in [0.25, 0.3) is 0 Å². The zero-order valence-corrected chi connectivity index (χ0v) is 20.2. The first-order valence-corrected chi connectivity index (χ1v) is 12.9. The fourth-order valence-electron chi connectivity index (χ4n) is 3.75. The molecule has 0 aliphatic heterocycles. The first-order chi connectivity index (χ1) is 16.5. The van der Waals surface area contributed by atoms with Crippen molar-refractivity contribution in [1.82, 2.24) is 10.0 Å². The summed E-state index contributed by atoms with van der Waals surface area (Å²) in [6.07, 6.45) is 0.382. The van der Waals surface area contributed by atoms with E-state index in [1.807, 2.05) is 0 Å². The van der Waals surface area contributed by atoms with Crippen LogP contribution in [0.25, 0.3) is 0 Å². The second-order valence-electron chi connectivity index (χ2n) is 8.25. The maximum atomic E-state index is 12.9. The van der Waals surface area contributed by atoms with Gasteiger partial charge in [0.2, 0.25) is 10.0 Å². The van der Waals surface area contributed by atoms with Gasteiger partial charge in [-0.25, -0.2) is 13.1 Å². The maximum Gasteiger partial charge on any atom is 0.417 e. The SMILES string of the molecule is O=C(NCCc1ccc(S(=O)(=O)NC2CCCCC2)cc1)C(=O)Nc1ccc(Cl)c(C(F)(F)F)c1. The van der Waals surface area contributed by atoms with E-state index < -0.39 is 38.6 Å². The lowest BCUT2D eigenvalue weighted by molar-refractivity contribution is -0.137. The lowest BCUT2D eigenvalue weighted by Crippen LogP contribution is -2.36. The van der Waals surface area contributed by atoms with E-state index in [-0.39, 0.29) is 23.2 Å². The minimum Gasteiger partial charge on any atom is -0.347 e. The molecule has 190 valence electrons. The van der Waals surface area contributed by atoms with Gasteiger partial charge in [-0.1, -0.05) is 43.0 Å². The molecule has 1 saturated carbocycles. The third-order valence-corrected chi connectivity index (χ3v) is 7.46. The molecule has 0 heterocycles. The van der Waals surface area contributed by atoms with Crippen LogP contribution in [0.15, 0.2) is 47.4 Å². The second kappa shape index (κ2) is 11.4. The number of halogens is 4. The highest BCUT2D eigenvalue weighted by Gasteiger charge is 2.33. The molecule has 0 radical (unpaired) electrons. The summed E-state index contributed by atoms with van der Waals surface area (Å²) in [6.45, 7) is 0.0626. The number of rotatable bonds is 7. The van der Waals surface area contributed by atoms with Gasteiger partial charge in [0.1, 0.15) is 0 Å². The summed E-state index contributed by atoms with van der Waals surface area (Å²) in [6, 6.07) is 8.92. The van der Waals surface area contributed by atoms with E-state index in [4.69, 9.17) is 11.6 Å². The molecule has 35 heavy (non-hydrogen) atoms. The summed E-state index contributed by atoms with van der Waals surface area (Å²) in [4.78, 5) is 24.2. The predicted octanol–water partition coefficient (Wildman–Crippen LogP) is 4.27. The van der Waals surface area contributed by atoms with E-state index in [9.17, 15) is 31.2 Å². The van der Waals surface area contributed by atoms with Gasteiger partial charge < -0.3 is 10.6 Å². The van der Waals surface area contributed by atoms with Crippen molar-refractivity contribution in [3.05, 3.63) is 58.6 Å². The average molecular weight is 532 g/mol. The summed E-state index contributed by atoms with van der Waals surface area (Å²) in [7, 11) is -3.62. The highest BCUT2D eigenvalue weighted by atomic mass is 35.5. The molecule has 2 aromatic carbocycles. The quantitative estimate of drug-likeness (QED) is 0.464. The molecule has 2 amide bonds. The molecule has 1 fully saturated rings. The Morgan fingerprint density at radius 1 is 0.971 bits per heavy atom. The first-order valence-electron chi connectivity index (χ1n) is 11.0. The van der Waals surface area contributed by atoms with Crippen LogP contribution in [0.3, 0.4) is 0 Å². The van der Waals surface area contributed by atoms with Crippen molar-refractivity contribution in [2.45, 2.75) is 55.6 Å². The standard InChI is InChI=1S/C23H25ClF3N3O4S/c24-20-11-8-17(14-19(20)23(25,26)27)29-22(32)21(31)28-13-12-15-6-9-18(10-7-15)35(33,34)30-16-4-2-1-3-5-16/h6-11,14,16,30H,1-5,12-13H2,(H,28,31)(H,29,32). The molecular formula is C23H25ClF3N3O4S.